The van der Waals surface area contributed by atoms with Crippen molar-refractivity contribution in [3.8, 4) is 0 Å². The summed E-state index contributed by atoms with van der Waals surface area (Å²) in [7, 11) is 0. The molecule has 1 fully saturated rings. The van der Waals surface area contributed by atoms with Gasteiger partial charge in [0.05, 0.1) is 12.5 Å². The van der Waals surface area contributed by atoms with Crippen LogP contribution in [0.25, 0.3) is 0 Å². The molecule has 1 unspecified atom stereocenters. The van der Waals surface area contributed by atoms with Crippen LogP contribution in [0.1, 0.15) is 206 Å². The number of hydrazine groups is 1. The lowest BCUT2D eigenvalue weighted by atomic mass is 9.97. The van der Waals surface area contributed by atoms with E-state index in [1.807, 2.05) is 0 Å². The molecule has 2 heterocycles. The van der Waals surface area contributed by atoms with Gasteiger partial charge >= 0.3 is 17.6 Å². The summed E-state index contributed by atoms with van der Waals surface area (Å²) in [6, 6.07) is 0.0607. The van der Waals surface area contributed by atoms with Crippen LogP contribution in [0.5, 0.6) is 0 Å². The molecule has 1 aliphatic heterocycles. The molecule has 0 saturated carbocycles. The monoisotopic (exact) mass is 807 g/mol. The minimum atomic E-state index is -1.45. The van der Waals surface area contributed by atoms with Gasteiger partial charge in [-0.3, -0.25) is 34.2 Å². The van der Waals surface area contributed by atoms with E-state index in [9.17, 15) is 29.1 Å². The number of ketones is 1. The Morgan fingerprint density at radius 1 is 0.719 bits per heavy atom. The minimum Gasteiger partial charge on any atom is -0.481 e. The maximum atomic E-state index is 13.8. The molecule has 0 radical (unpaired) electrons. The van der Waals surface area contributed by atoms with Crippen LogP contribution in [0, 0.1) is 0 Å². The summed E-state index contributed by atoms with van der Waals surface area (Å²) in [4.78, 5) is 64.9. The lowest BCUT2D eigenvalue weighted by Crippen LogP contribution is -2.53. The molecule has 328 valence electrons. The molecule has 1 aromatic heterocycles. The summed E-state index contributed by atoms with van der Waals surface area (Å²) < 4.78 is 13.1. The molecule has 0 amide bonds. The van der Waals surface area contributed by atoms with Crippen molar-refractivity contribution in [1.82, 2.24) is 20.4 Å². The standard InChI is InChI=1S/C44H78N4O9/c1-3-5-7-9-11-13-15-17-19-21-23-25-27-29-35(49)41(56-38(53)30-28-26-24-22-20-18-16-14-12-10-8-6-4-2)42-40(54)39(47-45-33-31-37(51)52)43(57-42)48-34-32-36(50)46-44(48)55/h32,34,39-43,45,47,54H,3-31,33H2,1-2H3,(H,51,52)(H,46,50,55)/t39-,40+,41?,42+,43-/m1/s1. The van der Waals surface area contributed by atoms with Gasteiger partial charge in [-0.2, -0.15) is 0 Å². The molecule has 2 rings (SSSR count). The maximum absolute atomic E-state index is 13.8. The number of carboxylic acids is 1. The highest BCUT2D eigenvalue weighted by Crippen LogP contribution is 2.32. The van der Waals surface area contributed by atoms with Crippen molar-refractivity contribution < 1.29 is 34.1 Å². The Kier molecular flexibility index (Phi) is 28.3. The van der Waals surface area contributed by atoms with Crippen LogP contribution in [0.4, 0.5) is 0 Å². The van der Waals surface area contributed by atoms with Gasteiger partial charge in [0.25, 0.3) is 5.56 Å². The molecule has 1 saturated heterocycles. The van der Waals surface area contributed by atoms with Gasteiger partial charge in [0.1, 0.15) is 12.2 Å². The van der Waals surface area contributed by atoms with E-state index < -0.39 is 53.8 Å². The van der Waals surface area contributed by atoms with Gasteiger partial charge in [-0.15, -0.1) is 0 Å². The third-order valence-electron chi connectivity index (χ3n) is 11.1. The fraction of sp³-hybridized carbons (Fsp3) is 0.841. The largest absolute Gasteiger partial charge is 0.481 e. The normalized spacial score (nSPS) is 18.5. The number of rotatable bonds is 37. The molecule has 0 bridgehead atoms. The number of nitrogens with one attached hydrogen (secondary N) is 3. The fourth-order valence-corrected chi connectivity index (χ4v) is 7.59. The zero-order chi connectivity index (χ0) is 41.5. The Morgan fingerprint density at radius 2 is 1.18 bits per heavy atom. The summed E-state index contributed by atoms with van der Waals surface area (Å²) in [6.07, 6.45) is 26.1. The van der Waals surface area contributed by atoms with E-state index in [1.165, 1.54) is 122 Å². The van der Waals surface area contributed by atoms with Crippen molar-refractivity contribution in [1.29, 1.82) is 0 Å². The first-order chi connectivity index (χ1) is 27.7. The second-order valence-corrected chi connectivity index (χ2v) is 16.1. The first-order valence-electron chi connectivity index (χ1n) is 22.8. The molecular formula is C44H78N4O9. The number of carboxylic acid groups (broad SMARTS) is 1. The second kappa shape index (κ2) is 32.0. The topological polar surface area (TPSA) is 189 Å². The summed E-state index contributed by atoms with van der Waals surface area (Å²) in [5.74, 6) is -1.95. The Balaban J connectivity index is 1.96. The molecule has 0 aromatic carbocycles. The number of unbranched alkanes of at least 4 members (excludes halogenated alkanes) is 24. The van der Waals surface area contributed by atoms with E-state index >= 15 is 0 Å². The summed E-state index contributed by atoms with van der Waals surface area (Å²) in [5, 5.41) is 20.6. The summed E-state index contributed by atoms with van der Waals surface area (Å²) in [6.45, 7) is 4.46. The number of esters is 1. The van der Waals surface area contributed by atoms with Gasteiger partial charge in [-0.25, -0.2) is 10.2 Å². The highest BCUT2D eigenvalue weighted by Gasteiger charge is 2.51. The van der Waals surface area contributed by atoms with Crippen LogP contribution in [-0.2, 0) is 23.9 Å². The fourth-order valence-electron chi connectivity index (χ4n) is 7.59. The van der Waals surface area contributed by atoms with Crippen LogP contribution in [0.3, 0.4) is 0 Å². The van der Waals surface area contributed by atoms with E-state index in [4.69, 9.17) is 14.6 Å². The molecular weight excluding hydrogens is 729 g/mol. The highest BCUT2D eigenvalue weighted by atomic mass is 16.6. The lowest BCUT2D eigenvalue weighted by molar-refractivity contribution is -0.169. The van der Waals surface area contributed by atoms with E-state index in [2.05, 4.69) is 29.7 Å². The average molecular weight is 807 g/mol. The molecule has 0 aliphatic carbocycles. The number of aliphatic carboxylic acids is 1. The number of aromatic amines is 1. The van der Waals surface area contributed by atoms with Gasteiger partial charge in [-0.1, -0.05) is 168 Å². The zero-order valence-electron chi connectivity index (χ0n) is 35.5. The van der Waals surface area contributed by atoms with E-state index in [-0.39, 0.29) is 31.6 Å². The van der Waals surface area contributed by atoms with Crippen molar-refractivity contribution in [2.45, 2.75) is 231 Å². The van der Waals surface area contributed by atoms with E-state index in [0.717, 1.165) is 49.2 Å². The van der Waals surface area contributed by atoms with Crippen LogP contribution < -0.4 is 22.1 Å². The number of carbonyl (C=O) groups is 3. The molecule has 13 heteroatoms. The third-order valence-corrected chi connectivity index (χ3v) is 11.1. The number of aliphatic hydroxyl groups is 1. The number of H-pyrrole nitrogens is 1. The molecule has 57 heavy (non-hydrogen) atoms. The van der Waals surface area contributed by atoms with Gasteiger partial charge < -0.3 is 19.7 Å². The van der Waals surface area contributed by atoms with Crippen molar-refractivity contribution in [2.75, 3.05) is 6.54 Å². The molecule has 0 spiro atoms. The molecule has 5 atom stereocenters. The van der Waals surface area contributed by atoms with Crippen LogP contribution >= 0.6 is 0 Å². The Hall–Kier alpha value is -2.87. The quantitative estimate of drug-likeness (QED) is 0.0248. The van der Waals surface area contributed by atoms with Crippen molar-refractivity contribution in [2.24, 2.45) is 0 Å². The number of nitrogens with zero attached hydrogens (tertiary/aromatic N) is 1. The predicted octanol–water partition coefficient (Wildman–Crippen LogP) is 8.18. The van der Waals surface area contributed by atoms with Gasteiger partial charge in [0.15, 0.2) is 18.1 Å². The lowest BCUT2D eigenvalue weighted by Gasteiger charge is -2.25. The summed E-state index contributed by atoms with van der Waals surface area (Å²) in [5.41, 5.74) is 4.16. The number of Topliss-reactive ketones (excluding diaryl/α,β-unsaturated/α-hetero) is 1. The molecule has 13 nitrogen and oxygen atoms in total. The first-order valence-corrected chi connectivity index (χ1v) is 22.8. The SMILES string of the molecule is CCCCCCCCCCCCCCCC(=O)OC(C(=O)CCCCCCCCCCCCCCC)[C@H]1O[C@@H](n2ccc(=O)[nH]c2=O)[C@H](NNCCC(=O)O)[C@@H]1O. The molecule has 1 aromatic rings. The highest BCUT2D eigenvalue weighted by molar-refractivity contribution is 5.86. The minimum absolute atomic E-state index is 0.00796. The maximum Gasteiger partial charge on any atom is 0.330 e. The van der Waals surface area contributed by atoms with Crippen molar-refractivity contribution >= 4 is 17.7 Å². The smallest absolute Gasteiger partial charge is 0.330 e. The second-order valence-electron chi connectivity index (χ2n) is 16.1. The number of ether oxygens (including phenoxy) is 2. The van der Waals surface area contributed by atoms with Crippen molar-refractivity contribution in [3.63, 3.8) is 0 Å². The van der Waals surface area contributed by atoms with E-state index in [1.54, 1.807) is 0 Å². The van der Waals surface area contributed by atoms with Crippen LogP contribution in [-0.4, -0.2) is 68.4 Å². The Labute approximate surface area is 341 Å². The number of aliphatic hydroxyl groups excluding tert-OH is 1. The van der Waals surface area contributed by atoms with E-state index in [0.29, 0.717) is 12.8 Å². The summed E-state index contributed by atoms with van der Waals surface area (Å²) >= 11 is 0. The Bertz CT molecular complexity index is 1340. The van der Waals surface area contributed by atoms with Crippen molar-refractivity contribution in [3.05, 3.63) is 33.1 Å². The Morgan fingerprint density at radius 3 is 1.63 bits per heavy atom. The number of hydrogen-bond acceptors (Lipinski definition) is 10. The van der Waals surface area contributed by atoms with Crippen LogP contribution in [0.15, 0.2) is 21.9 Å². The molecule has 1 aliphatic rings. The average Bonchev–Trinajstić information content (AvgIpc) is 3.50. The van der Waals surface area contributed by atoms with Gasteiger partial charge in [-0.05, 0) is 12.8 Å². The first kappa shape index (κ1) is 50.3. The number of aromatic nitrogens is 2. The number of carbonyl (C=O) groups excluding carboxylic acids is 2. The third kappa shape index (κ3) is 22.2. The van der Waals surface area contributed by atoms with Gasteiger partial charge in [0.2, 0.25) is 0 Å². The van der Waals surface area contributed by atoms with Crippen LogP contribution in [0.2, 0.25) is 0 Å². The zero-order valence-corrected chi connectivity index (χ0v) is 35.5. The predicted molar refractivity (Wildman–Crippen MR) is 224 cm³/mol. The van der Waals surface area contributed by atoms with Gasteiger partial charge in [0, 0.05) is 31.6 Å². The molecule has 5 N–H and O–H groups in total. The number of hydrogen-bond donors (Lipinski definition) is 5.